The molecule has 0 radical (unpaired) electrons. The molecule has 0 aliphatic heterocycles. The van der Waals surface area contributed by atoms with Crippen molar-refractivity contribution in [3.8, 4) is 0 Å². The van der Waals surface area contributed by atoms with Crippen LogP contribution in [0, 0.1) is 3.57 Å². The van der Waals surface area contributed by atoms with Crippen LogP contribution in [-0.4, -0.2) is 50.0 Å². The molecule has 0 aromatic heterocycles. The Labute approximate surface area is 208 Å². The summed E-state index contributed by atoms with van der Waals surface area (Å²) in [5.41, 5.74) is 1.15. The zero-order valence-corrected chi connectivity index (χ0v) is 22.1. The molecule has 0 aliphatic rings. The smallest absolute Gasteiger partial charge is 0.244 e. The maximum Gasteiger partial charge on any atom is 0.244 e. The van der Waals surface area contributed by atoms with Crippen LogP contribution in [0.5, 0.6) is 0 Å². The molecule has 0 unspecified atom stereocenters. The van der Waals surface area contributed by atoms with Gasteiger partial charge in [0.15, 0.2) is 0 Å². The first kappa shape index (κ1) is 26.4. The number of nitrogens with zero attached hydrogens (tertiary/aromatic N) is 2. The fraction of sp³-hybridized carbons (Fsp3) is 0.364. The van der Waals surface area contributed by atoms with Crippen molar-refractivity contribution in [3.63, 3.8) is 0 Å². The van der Waals surface area contributed by atoms with E-state index in [1.54, 1.807) is 55.5 Å². The van der Waals surface area contributed by atoms with E-state index in [-0.39, 0.29) is 18.5 Å². The van der Waals surface area contributed by atoms with Crippen LogP contribution >= 0.6 is 34.2 Å². The molecule has 0 spiro atoms. The number of amides is 2. The molecule has 174 valence electrons. The predicted octanol–water partition coefficient (Wildman–Crippen LogP) is 3.65. The average molecular weight is 592 g/mol. The number of carbonyl (C=O) groups is 2. The SMILES string of the molecule is CC(C)NC(=O)[C@H](C)N(Cc1ccc(Cl)cc1)C(=O)CN(c1ccc(I)cc1)S(C)(=O)=O. The summed E-state index contributed by atoms with van der Waals surface area (Å²) in [7, 11) is -3.74. The number of nitrogens with one attached hydrogen (secondary N) is 1. The third-order valence-electron chi connectivity index (χ3n) is 4.66. The fourth-order valence-corrected chi connectivity index (χ4v) is 4.33. The molecule has 0 saturated heterocycles. The van der Waals surface area contributed by atoms with Crippen LogP contribution < -0.4 is 9.62 Å². The van der Waals surface area contributed by atoms with Gasteiger partial charge in [-0.2, -0.15) is 0 Å². The van der Waals surface area contributed by atoms with Gasteiger partial charge in [-0.25, -0.2) is 8.42 Å². The Bertz CT molecular complexity index is 1040. The number of hydrogen-bond acceptors (Lipinski definition) is 4. The van der Waals surface area contributed by atoms with Crippen LogP contribution in [0.1, 0.15) is 26.3 Å². The Morgan fingerprint density at radius 2 is 1.59 bits per heavy atom. The number of rotatable bonds is 9. The van der Waals surface area contributed by atoms with Gasteiger partial charge in [-0.3, -0.25) is 13.9 Å². The molecule has 7 nitrogen and oxygen atoms in total. The molecule has 0 heterocycles. The van der Waals surface area contributed by atoms with Gasteiger partial charge in [0.25, 0.3) is 0 Å². The molecule has 2 amide bonds. The Morgan fingerprint density at radius 1 is 1.03 bits per heavy atom. The lowest BCUT2D eigenvalue weighted by molar-refractivity contribution is -0.139. The van der Waals surface area contributed by atoms with Gasteiger partial charge in [0.1, 0.15) is 12.6 Å². The summed E-state index contributed by atoms with van der Waals surface area (Å²) >= 11 is 8.08. The van der Waals surface area contributed by atoms with Gasteiger partial charge in [0.05, 0.1) is 11.9 Å². The first-order valence-corrected chi connectivity index (χ1v) is 13.3. The molecule has 32 heavy (non-hydrogen) atoms. The second kappa shape index (κ2) is 11.3. The predicted molar refractivity (Wildman–Crippen MR) is 136 cm³/mol. The second-order valence-electron chi connectivity index (χ2n) is 7.73. The van der Waals surface area contributed by atoms with Gasteiger partial charge >= 0.3 is 0 Å². The lowest BCUT2D eigenvalue weighted by Gasteiger charge is -2.32. The molecule has 2 aromatic rings. The average Bonchev–Trinajstić information content (AvgIpc) is 2.70. The van der Waals surface area contributed by atoms with Crippen molar-refractivity contribution in [3.05, 3.63) is 62.7 Å². The first-order valence-electron chi connectivity index (χ1n) is 9.96. The van der Waals surface area contributed by atoms with Gasteiger partial charge in [-0.05, 0) is 85.3 Å². The number of carbonyl (C=O) groups excluding carboxylic acids is 2. The lowest BCUT2D eigenvalue weighted by atomic mass is 10.1. The standard InChI is InChI=1S/C22H27ClIN3O4S/c1-15(2)25-22(29)16(3)26(13-17-5-7-18(23)8-6-17)21(28)14-27(32(4,30)31)20-11-9-19(24)10-12-20/h5-12,15-16H,13-14H2,1-4H3,(H,25,29)/t16-/m0/s1. The third-order valence-corrected chi connectivity index (χ3v) is 6.77. The van der Waals surface area contributed by atoms with Crippen molar-refractivity contribution in [1.29, 1.82) is 0 Å². The Balaban J connectivity index is 2.36. The molecule has 0 fully saturated rings. The van der Waals surface area contributed by atoms with E-state index in [9.17, 15) is 18.0 Å². The topological polar surface area (TPSA) is 86.8 Å². The maximum absolute atomic E-state index is 13.4. The second-order valence-corrected chi connectivity index (χ2v) is 11.3. The number of anilines is 1. The monoisotopic (exact) mass is 591 g/mol. The summed E-state index contributed by atoms with van der Waals surface area (Å²) in [4.78, 5) is 27.4. The van der Waals surface area contributed by atoms with Gasteiger partial charge < -0.3 is 10.2 Å². The van der Waals surface area contributed by atoms with Crippen LogP contribution in [0.25, 0.3) is 0 Å². The molecular weight excluding hydrogens is 565 g/mol. The van der Waals surface area contributed by atoms with Crippen molar-refractivity contribution in [2.45, 2.75) is 39.4 Å². The normalized spacial score (nSPS) is 12.3. The minimum absolute atomic E-state index is 0.100. The summed E-state index contributed by atoms with van der Waals surface area (Å²) < 4.78 is 26.9. The number of halogens is 2. The van der Waals surface area contributed by atoms with E-state index in [2.05, 4.69) is 27.9 Å². The summed E-state index contributed by atoms with van der Waals surface area (Å²) in [5.74, 6) is -0.808. The van der Waals surface area contributed by atoms with E-state index in [0.717, 1.165) is 19.7 Å². The van der Waals surface area contributed by atoms with Crippen LogP contribution in [0.2, 0.25) is 5.02 Å². The summed E-state index contributed by atoms with van der Waals surface area (Å²) in [5, 5.41) is 3.36. The molecule has 0 bridgehead atoms. The van der Waals surface area contributed by atoms with Crippen molar-refractivity contribution in [1.82, 2.24) is 10.2 Å². The molecule has 2 rings (SSSR count). The Morgan fingerprint density at radius 3 is 2.09 bits per heavy atom. The molecule has 0 saturated carbocycles. The van der Waals surface area contributed by atoms with E-state index < -0.39 is 28.5 Å². The highest BCUT2D eigenvalue weighted by atomic mass is 127. The van der Waals surface area contributed by atoms with Crippen molar-refractivity contribution in [2.24, 2.45) is 0 Å². The molecule has 10 heteroatoms. The zero-order chi connectivity index (χ0) is 24.1. The highest BCUT2D eigenvalue weighted by Crippen LogP contribution is 2.21. The van der Waals surface area contributed by atoms with Gasteiger partial charge in [-0.1, -0.05) is 23.7 Å². The molecule has 1 atom stereocenters. The summed E-state index contributed by atoms with van der Waals surface area (Å²) in [6.07, 6.45) is 1.05. The van der Waals surface area contributed by atoms with E-state index >= 15 is 0 Å². The largest absolute Gasteiger partial charge is 0.352 e. The lowest BCUT2D eigenvalue weighted by Crippen LogP contribution is -2.52. The van der Waals surface area contributed by atoms with Crippen LogP contribution in [0.15, 0.2) is 48.5 Å². The highest BCUT2D eigenvalue weighted by Gasteiger charge is 2.30. The fourth-order valence-electron chi connectivity index (χ4n) is 3.00. The molecule has 2 aromatic carbocycles. The number of benzene rings is 2. The first-order chi connectivity index (χ1) is 14.9. The zero-order valence-electron chi connectivity index (χ0n) is 18.4. The number of hydrogen-bond donors (Lipinski definition) is 1. The van der Waals surface area contributed by atoms with Crippen molar-refractivity contribution < 1.29 is 18.0 Å². The molecule has 0 aliphatic carbocycles. The summed E-state index contributed by atoms with van der Waals surface area (Å²) in [6, 6.07) is 12.9. The van der Waals surface area contributed by atoms with Gasteiger partial charge in [-0.15, -0.1) is 0 Å². The van der Waals surface area contributed by atoms with Crippen LogP contribution in [0.4, 0.5) is 5.69 Å². The number of sulfonamides is 1. The van der Waals surface area contributed by atoms with Crippen molar-refractivity contribution in [2.75, 3.05) is 17.1 Å². The van der Waals surface area contributed by atoms with E-state index in [1.807, 2.05) is 13.8 Å². The molecule has 1 N–H and O–H groups in total. The van der Waals surface area contributed by atoms with Crippen LogP contribution in [0.3, 0.4) is 0 Å². The minimum atomic E-state index is -3.74. The highest BCUT2D eigenvalue weighted by molar-refractivity contribution is 14.1. The van der Waals surface area contributed by atoms with Gasteiger partial charge in [0, 0.05) is 21.2 Å². The van der Waals surface area contributed by atoms with E-state index in [1.165, 1.54) is 4.90 Å². The van der Waals surface area contributed by atoms with E-state index in [0.29, 0.717) is 10.7 Å². The third kappa shape index (κ3) is 7.63. The quantitative estimate of drug-likeness (QED) is 0.451. The Kier molecular flexibility index (Phi) is 9.35. The van der Waals surface area contributed by atoms with Crippen molar-refractivity contribution >= 4 is 61.7 Å². The minimum Gasteiger partial charge on any atom is -0.352 e. The summed E-state index contributed by atoms with van der Waals surface area (Å²) in [6.45, 7) is 5.00. The Hall–Kier alpha value is -1.85. The van der Waals surface area contributed by atoms with Gasteiger partial charge in [0.2, 0.25) is 21.8 Å². The maximum atomic E-state index is 13.4. The van der Waals surface area contributed by atoms with E-state index in [4.69, 9.17) is 11.6 Å². The molecular formula is C22H27ClIN3O4S. The van der Waals surface area contributed by atoms with Crippen LogP contribution in [-0.2, 0) is 26.2 Å².